The summed E-state index contributed by atoms with van der Waals surface area (Å²) in [4.78, 5) is 16.8. The van der Waals surface area contributed by atoms with E-state index in [4.69, 9.17) is 35.3 Å². The fraction of sp³-hybridized carbons (Fsp3) is 0.463. The standard InChI is InChI=1S/C41H53ClFN3O5Si/c1-9-33-37(34(46(6)45-33)16-13-22-48-24-25-51-52(7,8)41(3,4)5)36-32(42)21-20-31-30(39(44-38(31)36)40(47)49-10-2)15-12-23-50-35-17-11-14-27-26-28(43)18-19-29(27)35/h11,14,17-21,26,44H,9-10,12-13,15-16,22-25H2,1-8H3. The monoisotopic (exact) mass is 749 g/mol. The van der Waals surface area contributed by atoms with Gasteiger partial charge in [-0.3, -0.25) is 4.68 Å². The Kier molecular flexibility index (Phi) is 12.9. The van der Waals surface area contributed by atoms with Gasteiger partial charge in [0.1, 0.15) is 17.3 Å². The molecule has 0 aliphatic rings. The van der Waals surface area contributed by atoms with Crippen LogP contribution < -0.4 is 4.74 Å². The number of nitrogens with one attached hydrogen (secondary N) is 1. The van der Waals surface area contributed by atoms with Crippen LogP contribution in [0.25, 0.3) is 32.8 Å². The van der Waals surface area contributed by atoms with Crippen molar-refractivity contribution in [2.45, 2.75) is 84.9 Å². The van der Waals surface area contributed by atoms with E-state index in [1.807, 2.05) is 42.1 Å². The lowest BCUT2D eigenvalue weighted by molar-refractivity contribution is 0.0519. The normalized spacial score (nSPS) is 12.3. The van der Waals surface area contributed by atoms with Gasteiger partial charge in [0.15, 0.2) is 8.32 Å². The molecular weight excluding hydrogens is 697 g/mol. The van der Waals surface area contributed by atoms with Crippen molar-refractivity contribution >= 4 is 47.6 Å². The molecule has 0 radical (unpaired) electrons. The third kappa shape index (κ3) is 8.73. The van der Waals surface area contributed by atoms with Crippen molar-refractivity contribution in [2.24, 2.45) is 7.05 Å². The minimum atomic E-state index is -1.81. The summed E-state index contributed by atoms with van der Waals surface area (Å²) < 4.78 is 39.7. The first-order chi connectivity index (χ1) is 24.8. The number of aromatic nitrogens is 3. The molecule has 0 spiro atoms. The second-order valence-electron chi connectivity index (χ2n) is 14.7. The van der Waals surface area contributed by atoms with E-state index in [9.17, 15) is 9.18 Å². The van der Waals surface area contributed by atoms with Gasteiger partial charge in [-0.2, -0.15) is 5.10 Å². The molecule has 0 saturated heterocycles. The van der Waals surface area contributed by atoms with Gasteiger partial charge in [-0.05, 0) is 98.4 Å². The number of hydrogen-bond acceptors (Lipinski definition) is 6. The van der Waals surface area contributed by atoms with Crippen LogP contribution in [0.15, 0.2) is 48.5 Å². The SMILES string of the molecule is CCOC(=O)c1[nH]c2c(-c3c(CC)nn(C)c3CCCOCCO[Si](C)(C)C(C)(C)C)c(Cl)ccc2c1CCCOc1cccc2cc(F)ccc12. The molecule has 8 nitrogen and oxygen atoms in total. The number of nitrogens with zero attached hydrogens (tertiary/aromatic N) is 2. The van der Waals surface area contributed by atoms with Gasteiger partial charge in [-0.1, -0.05) is 57.5 Å². The Balaban J connectivity index is 1.37. The number of rotatable bonds is 17. The molecule has 5 rings (SSSR count). The molecule has 2 heterocycles. The Morgan fingerprint density at radius 3 is 2.44 bits per heavy atom. The zero-order valence-electron chi connectivity index (χ0n) is 31.9. The smallest absolute Gasteiger partial charge is 0.355 e. The van der Waals surface area contributed by atoms with E-state index in [0.29, 0.717) is 62.2 Å². The molecule has 0 saturated carbocycles. The molecular formula is C41H53ClFN3O5Si. The van der Waals surface area contributed by atoms with Crippen molar-refractivity contribution in [2.75, 3.05) is 33.0 Å². The maximum absolute atomic E-state index is 13.8. The first-order valence-corrected chi connectivity index (χ1v) is 21.6. The Bertz CT molecular complexity index is 2020. The molecule has 0 aliphatic heterocycles. The molecule has 0 fully saturated rings. The van der Waals surface area contributed by atoms with Crippen LogP contribution in [-0.2, 0) is 40.2 Å². The average molecular weight is 750 g/mol. The summed E-state index contributed by atoms with van der Waals surface area (Å²) in [5.41, 5.74) is 5.87. The topological polar surface area (TPSA) is 87.6 Å². The predicted molar refractivity (Wildman–Crippen MR) is 211 cm³/mol. The zero-order valence-corrected chi connectivity index (χ0v) is 33.6. The van der Waals surface area contributed by atoms with Crippen LogP contribution in [0.3, 0.4) is 0 Å². The Morgan fingerprint density at radius 2 is 1.71 bits per heavy atom. The van der Waals surface area contributed by atoms with E-state index in [0.717, 1.165) is 62.6 Å². The van der Waals surface area contributed by atoms with Crippen LogP contribution >= 0.6 is 11.6 Å². The summed E-state index contributed by atoms with van der Waals surface area (Å²) in [7, 11) is 0.159. The van der Waals surface area contributed by atoms with E-state index in [1.165, 1.54) is 12.1 Å². The van der Waals surface area contributed by atoms with E-state index >= 15 is 0 Å². The van der Waals surface area contributed by atoms with Crippen LogP contribution in [0.5, 0.6) is 5.75 Å². The second-order valence-corrected chi connectivity index (χ2v) is 19.9. The summed E-state index contributed by atoms with van der Waals surface area (Å²) in [5.74, 6) is -0.00591. The fourth-order valence-corrected chi connectivity index (χ4v) is 7.69. The number of fused-ring (bicyclic) bond motifs is 2. The van der Waals surface area contributed by atoms with Crippen molar-refractivity contribution < 1.29 is 27.8 Å². The van der Waals surface area contributed by atoms with Gasteiger partial charge in [-0.15, -0.1) is 0 Å². The number of carbonyl (C=O) groups excluding carboxylic acids is 1. The van der Waals surface area contributed by atoms with Crippen molar-refractivity contribution in [3.8, 4) is 16.9 Å². The lowest BCUT2D eigenvalue weighted by Gasteiger charge is -2.36. The van der Waals surface area contributed by atoms with Gasteiger partial charge in [0.2, 0.25) is 0 Å². The molecule has 0 atom stereocenters. The number of carbonyl (C=O) groups is 1. The molecule has 2 aromatic heterocycles. The van der Waals surface area contributed by atoms with Crippen LogP contribution in [0.1, 0.15) is 74.9 Å². The number of aromatic amines is 1. The summed E-state index contributed by atoms with van der Waals surface area (Å²) in [6.45, 7) is 17.5. The molecule has 5 aromatic rings. The van der Waals surface area contributed by atoms with Crippen LogP contribution in [0.2, 0.25) is 23.2 Å². The largest absolute Gasteiger partial charge is 0.493 e. The van der Waals surface area contributed by atoms with Gasteiger partial charge < -0.3 is 23.6 Å². The van der Waals surface area contributed by atoms with E-state index in [2.05, 4.69) is 45.8 Å². The van der Waals surface area contributed by atoms with E-state index < -0.39 is 14.3 Å². The number of aryl methyl sites for hydroxylation is 3. The van der Waals surface area contributed by atoms with Crippen LogP contribution in [-0.4, -0.2) is 62.1 Å². The van der Waals surface area contributed by atoms with Gasteiger partial charge in [-0.25, -0.2) is 9.18 Å². The summed E-state index contributed by atoms with van der Waals surface area (Å²) in [5, 5.41) is 8.18. The number of halogens is 2. The average Bonchev–Trinajstić information content (AvgIpc) is 3.62. The van der Waals surface area contributed by atoms with Gasteiger partial charge in [0.05, 0.1) is 42.7 Å². The van der Waals surface area contributed by atoms with Crippen molar-refractivity contribution in [3.05, 3.63) is 82.0 Å². The number of ether oxygens (including phenoxy) is 3. The molecule has 1 N–H and O–H groups in total. The number of esters is 1. The molecule has 11 heteroatoms. The highest BCUT2D eigenvalue weighted by Crippen LogP contribution is 2.41. The third-order valence-corrected chi connectivity index (χ3v) is 15.0. The van der Waals surface area contributed by atoms with E-state index in [-0.39, 0.29) is 17.5 Å². The quantitative estimate of drug-likeness (QED) is 0.0579. The second kappa shape index (κ2) is 17.0. The van der Waals surface area contributed by atoms with Crippen molar-refractivity contribution in [3.63, 3.8) is 0 Å². The molecule has 0 unspecified atom stereocenters. The van der Waals surface area contributed by atoms with Crippen LogP contribution in [0, 0.1) is 5.82 Å². The number of benzene rings is 3. The molecule has 0 bridgehead atoms. The maximum atomic E-state index is 13.8. The van der Waals surface area contributed by atoms with E-state index in [1.54, 1.807) is 13.0 Å². The minimum absolute atomic E-state index is 0.164. The zero-order chi connectivity index (χ0) is 37.6. The summed E-state index contributed by atoms with van der Waals surface area (Å²) in [6, 6.07) is 14.2. The molecule has 0 aliphatic carbocycles. The lowest BCUT2D eigenvalue weighted by atomic mass is 9.96. The Morgan fingerprint density at radius 1 is 0.962 bits per heavy atom. The predicted octanol–water partition coefficient (Wildman–Crippen LogP) is 10.2. The van der Waals surface area contributed by atoms with Crippen molar-refractivity contribution in [1.29, 1.82) is 0 Å². The number of hydrogen-bond donors (Lipinski definition) is 1. The number of H-pyrrole nitrogens is 1. The molecule has 52 heavy (non-hydrogen) atoms. The highest BCUT2D eigenvalue weighted by Gasteiger charge is 2.37. The molecule has 280 valence electrons. The minimum Gasteiger partial charge on any atom is -0.493 e. The summed E-state index contributed by atoms with van der Waals surface area (Å²) >= 11 is 7.04. The first-order valence-electron chi connectivity index (χ1n) is 18.3. The van der Waals surface area contributed by atoms with Gasteiger partial charge in [0, 0.05) is 41.2 Å². The Hall–Kier alpha value is -3.70. The Labute approximate surface area is 313 Å². The fourth-order valence-electron chi connectivity index (χ4n) is 6.42. The van der Waals surface area contributed by atoms with Gasteiger partial charge in [0.25, 0.3) is 0 Å². The molecule has 0 amide bonds. The van der Waals surface area contributed by atoms with Crippen LogP contribution in [0.4, 0.5) is 4.39 Å². The maximum Gasteiger partial charge on any atom is 0.355 e. The molecule has 3 aromatic carbocycles. The highest BCUT2D eigenvalue weighted by atomic mass is 35.5. The lowest BCUT2D eigenvalue weighted by Crippen LogP contribution is -2.41. The highest BCUT2D eigenvalue weighted by molar-refractivity contribution is 6.74. The van der Waals surface area contributed by atoms with Gasteiger partial charge >= 0.3 is 5.97 Å². The third-order valence-electron chi connectivity index (χ3n) is 10.2. The first kappa shape index (κ1) is 39.5. The summed E-state index contributed by atoms with van der Waals surface area (Å²) in [6.07, 6.45) is 3.46. The van der Waals surface area contributed by atoms with Crippen molar-refractivity contribution in [1.82, 2.24) is 14.8 Å².